The van der Waals surface area contributed by atoms with Crippen LogP contribution in [0.15, 0.2) is 42.5 Å². The number of alkyl halides is 3. The van der Waals surface area contributed by atoms with Crippen LogP contribution in [0.5, 0.6) is 11.5 Å². The molecule has 1 aliphatic heterocycles. The third-order valence-corrected chi connectivity index (χ3v) is 4.51. The highest BCUT2D eigenvalue weighted by atomic mass is 35.5. The van der Waals surface area contributed by atoms with Gasteiger partial charge in [0.05, 0.1) is 6.04 Å². The molecular formula is C19H23Cl2F3N2O2. The van der Waals surface area contributed by atoms with Crippen LogP contribution in [-0.4, -0.2) is 42.5 Å². The van der Waals surface area contributed by atoms with Crippen LogP contribution in [0.4, 0.5) is 13.2 Å². The van der Waals surface area contributed by atoms with Gasteiger partial charge in [-0.15, -0.1) is 38.0 Å². The van der Waals surface area contributed by atoms with Crippen LogP contribution in [0.3, 0.4) is 0 Å². The number of halogens is 5. The molecule has 0 spiro atoms. The van der Waals surface area contributed by atoms with Gasteiger partial charge in [0.1, 0.15) is 11.5 Å². The van der Waals surface area contributed by atoms with Gasteiger partial charge < -0.3 is 15.2 Å². The van der Waals surface area contributed by atoms with E-state index in [2.05, 4.69) is 15.0 Å². The first kappa shape index (κ1) is 24.4. The van der Waals surface area contributed by atoms with Crippen molar-refractivity contribution in [1.29, 1.82) is 0 Å². The van der Waals surface area contributed by atoms with Crippen molar-refractivity contribution in [2.75, 3.05) is 26.2 Å². The monoisotopic (exact) mass is 438 g/mol. The third kappa shape index (κ3) is 5.91. The number of hydrogen-bond acceptors (Lipinski definition) is 4. The van der Waals surface area contributed by atoms with Crippen molar-refractivity contribution >= 4 is 24.8 Å². The van der Waals surface area contributed by atoms with Crippen molar-refractivity contribution in [3.8, 4) is 11.5 Å². The van der Waals surface area contributed by atoms with E-state index in [1.807, 2.05) is 25.1 Å². The molecule has 2 aromatic rings. The predicted octanol–water partition coefficient (Wildman–Crippen LogP) is 4.44. The second-order valence-corrected chi connectivity index (χ2v) is 6.32. The number of ether oxygens (including phenoxy) is 1. The Balaban J connectivity index is 0.00000196. The van der Waals surface area contributed by atoms with E-state index >= 15 is 0 Å². The number of hydrogen-bond donors (Lipinski definition) is 2. The molecule has 28 heavy (non-hydrogen) atoms. The minimum absolute atomic E-state index is 0. The smallest absolute Gasteiger partial charge is 0.507 e. The first-order chi connectivity index (χ1) is 12.3. The summed E-state index contributed by atoms with van der Waals surface area (Å²) < 4.78 is 41.1. The van der Waals surface area contributed by atoms with E-state index in [1.165, 1.54) is 12.1 Å². The van der Waals surface area contributed by atoms with Gasteiger partial charge in [-0.25, -0.2) is 0 Å². The molecule has 1 fully saturated rings. The number of aromatic hydroxyl groups is 1. The molecule has 1 atom stereocenters. The summed E-state index contributed by atoms with van der Waals surface area (Å²) in [6.45, 7) is 5.02. The van der Waals surface area contributed by atoms with Crippen LogP contribution < -0.4 is 10.1 Å². The molecule has 0 aliphatic carbocycles. The number of benzene rings is 2. The van der Waals surface area contributed by atoms with Gasteiger partial charge in [0.25, 0.3) is 0 Å². The van der Waals surface area contributed by atoms with Gasteiger partial charge in [-0.05, 0) is 30.2 Å². The quantitative estimate of drug-likeness (QED) is 0.740. The zero-order chi connectivity index (χ0) is 18.7. The zero-order valence-corrected chi connectivity index (χ0v) is 16.8. The van der Waals surface area contributed by atoms with E-state index < -0.39 is 6.36 Å². The van der Waals surface area contributed by atoms with Gasteiger partial charge in [0, 0.05) is 31.7 Å². The van der Waals surface area contributed by atoms with E-state index in [1.54, 1.807) is 12.1 Å². The van der Waals surface area contributed by atoms with Crippen molar-refractivity contribution < 1.29 is 23.0 Å². The summed E-state index contributed by atoms with van der Waals surface area (Å²) in [5.74, 6) is -0.0413. The Morgan fingerprint density at radius 1 is 1.04 bits per heavy atom. The average molecular weight is 439 g/mol. The van der Waals surface area contributed by atoms with E-state index in [0.29, 0.717) is 0 Å². The molecule has 2 N–H and O–H groups in total. The predicted molar refractivity (Wildman–Crippen MR) is 107 cm³/mol. The molecule has 0 aromatic heterocycles. The van der Waals surface area contributed by atoms with Crippen LogP contribution in [0.1, 0.15) is 22.7 Å². The molecule has 1 heterocycles. The van der Waals surface area contributed by atoms with Crippen LogP contribution in [-0.2, 0) is 0 Å². The molecule has 0 amide bonds. The maximum absolute atomic E-state index is 12.4. The fourth-order valence-electron chi connectivity index (χ4n) is 3.28. The van der Waals surface area contributed by atoms with Gasteiger partial charge in [-0.1, -0.05) is 30.3 Å². The minimum Gasteiger partial charge on any atom is -0.507 e. The Morgan fingerprint density at radius 3 is 2.21 bits per heavy atom. The Bertz CT molecular complexity index is 752. The summed E-state index contributed by atoms with van der Waals surface area (Å²) >= 11 is 0. The normalized spacial score (nSPS) is 15.9. The number of piperazine rings is 1. The van der Waals surface area contributed by atoms with Crippen LogP contribution in [0.25, 0.3) is 0 Å². The van der Waals surface area contributed by atoms with Crippen LogP contribution in [0.2, 0.25) is 0 Å². The van der Waals surface area contributed by atoms with Crippen molar-refractivity contribution in [2.24, 2.45) is 0 Å². The van der Waals surface area contributed by atoms with Gasteiger partial charge in [-0.2, -0.15) is 0 Å². The Morgan fingerprint density at radius 2 is 1.64 bits per heavy atom. The standard InChI is InChI=1S/C19H21F3N2O2.2ClH/c1-13-3-2-4-16(18(13)25)17(24-11-9-23-10-12-24)14-5-7-15(8-6-14)26-19(20,21)22;;/h2-8,17,23,25H,9-12H2,1H3;2*1H/t17-;;/m1../s1. The third-order valence-electron chi connectivity index (χ3n) is 4.51. The molecule has 4 nitrogen and oxygen atoms in total. The van der Waals surface area contributed by atoms with Crippen molar-refractivity contribution in [2.45, 2.75) is 19.3 Å². The lowest BCUT2D eigenvalue weighted by molar-refractivity contribution is -0.274. The minimum atomic E-state index is -4.71. The highest BCUT2D eigenvalue weighted by Crippen LogP contribution is 2.37. The van der Waals surface area contributed by atoms with Crippen molar-refractivity contribution in [1.82, 2.24) is 10.2 Å². The number of phenols is 1. The largest absolute Gasteiger partial charge is 0.573 e. The number of aryl methyl sites for hydroxylation is 1. The molecule has 9 heteroatoms. The maximum atomic E-state index is 12.4. The van der Waals surface area contributed by atoms with E-state index in [9.17, 15) is 18.3 Å². The zero-order valence-electron chi connectivity index (χ0n) is 15.2. The van der Waals surface area contributed by atoms with Crippen molar-refractivity contribution in [3.63, 3.8) is 0 Å². The van der Waals surface area contributed by atoms with Gasteiger partial charge in [-0.3, -0.25) is 4.90 Å². The number of rotatable bonds is 4. The van der Waals surface area contributed by atoms with Gasteiger partial charge >= 0.3 is 6.36 Å². The first-order valence-corrected chi connectivity index (χ1v) is 8.44. The fraction of sp³-hybridized carbons (Fsp3) is 0.368. The summed E-state index contributed by atoms with van der Waals surface area (Å²) in [6, 6.07) is 11.2. The van der Waals surface area contributed by atoms with E-state index in [4.69, 9.17) is 0 Å². The number of phenolic OH excluding ortho intramolecular Hbond substituents is 1. The topological polar surface area (TPSA) is 44.7 Å². The first-order valence-electron chi connectivity index (χ1n) is 8.44. The lowest BCUT2D eigenvalue weighted by atomic mass is 9.94. The lowest BCUT2D eigenvalue weighted by Crippen LogP contribution is -2.45. The molecule has 0 bridgehead atoms. The molecule has 0 saturated carbocycles. The average Bonchev–Trinajstić information content (AvgIpc) is 2.60. The summed E-state index contributed by atoms with van der Waals surface area (Å²) in [7, 11) is 0. The Hall–Kier alpha value is -1.67. The highest BCUT2D eigenvalue weighted by molar-refractivity contribution is 5.85. The van der Waals surface area contributed by atoms with Crippen LogP contribution in [0, 0.1) is 6.92 Å². The van der Waals surface area contributed by atoms with E-state index in [-0.39, 0.29) is 42.4 Å². The van der Waals surface area contributed by atoms with Gasteiger partial charge in [0.2, 0.25) is 0 Å². The Labute approximate surface area is 174 Å². The molecule has 1 saturated heterocycles. The van der Waals surface area contributed by atoms with E-state index in [0.717, 1.165) is 42.9 Å². The molecule has 0 radical (unpaired) electrons. The molecule has 0 unspecified atom stereocenters. The summed E-state index contributed by atoms with van der Waals surface area (Å²) in [4.78, 5) is 2.21. The molecular weight excluding hydrogens is 416 g/mol. The number of nitrogens with zero attached hydrogens (tertiary/aromatic N) is 1. The SMILES string of the molecule is Cc1cccc([C@@H](c2ccc(OC(F)(F)F)cc2)N2CCNCC2)c1O.Cl.Cl. The second kappa shape index (κ2) is 10.2. The van der Waals surface area contributed by atoms with Crippen molar-refractivity contribution in [3.05, 3.63) is 59.2 Å². The molecule has 156 valence electrons. The summed E-state index contributed by atoms with van der Waals surface area (Å²) in [5, 5.41) is 13.8. The summed E-state index contributed by atoms with van der Waals surface area (Å²) in [6.07, 6.45) is -4.71. The molecule has 2 aromatic carbocycles. The molecule has 1 aliphatic rings. The number of nitrogens with one attached hydrogen (secondary N) is 1. The highest BCUT2D eigenvalue weighted by Gasteiger charge is 2.31. The molecule has 3 rings (SSSR count). The fourth-order valence-corrected chi connectivity index (χ4v) is 3.28. The second-order valence-electron chi connectivity index (χ2n) is 6.32. The lowest BCUT2D eigenvalue weighted by Gasteiger charge is -2.36. The Kier molecular flexibility index (Phi) is 8.88. The maximum Gasteiger partial charge on any atom is 0.573 e. The van der Waals surface area contributed by atoms with Gasteiger partial charge in [0.15, 0.2) is 0 Å². The summed E-state index contributed by atoms with van der Waals surface area (Å²) in [5.41, 5.74) is 2.32. The van der Waals surface area contributed by atoms with Crippen LogP contribution >= 0.6 is 24.8 Å². The number of para-hydroxylation sites is 1.